The highest BCUT2D eigenvalue weighted by atomic mass is 19.4. The van der Waals surface area contributed by atoms with E-state index in [-0.39, 0.29) is 6.04 Å². The minimum Gasteiger partial charge on any atom is -0.496 e. The standard InChI is InChI=1S/C19H20F4N2O/c1-26-17-7-6-15(20)12-16(17)18(25-10-8-24-9-11-25)13-2-4-14(5-3-13)19(21,22)23/h2-7,12,18,24H,8-11H2,1H3. The van der Waals surface area contributed by atoms with Gasteiger partial charge in [-0.3, -0.25) is 4.90 Å². The fourth-order valence-electron chi connectivity index (χ4n) is 3.30. The summed E-state index contributed by atoms with van der Waals surface area (Å²) in [4.78, 5) is 2.12. The summed E-state index contributed by atoms with van der Waals surface area (Å²) in [6.07, 6.45) is -4.39. The number of hydrogen-bond donors (Lipinski definition) is 1. The Morgan fingerprint density at radius 1 is 1.04 bits per heavy atom. The lowest BCUT2D eigenvalue weighted by Crippen LogP contribution is -2.45. The van der Waals surface area contributed by atoms with Crippen LogP contribution in [0.3, 0.4) is 0 Å². The zero-order valence-electron chi connectivity index (χ0n) is 14.3. The van der Waals surface area contributed by atoms with Crippen LogP contribution in [0.4, 0.5) is 17.6 Å². The van der Waals surface area contributed by atoms with Crippen LogP contribution >= 0.6 is 0 Å². The number of benzene rings is 2. The van der Waals surface area contributed by atoms with Gasteiger partial charge in [0, 0.05) is 31.7 Å². The molecule has 1 heterocycles. The number of nitrogens with one attached hydrogen (secondary N) is 1. The Morgan fingerprint density at radius 2 is 1.69 bits per heavy atom. The maximum Gasteiger partial charge on any atom is 0.416 e. The van der Waals surface area contributed by atoms with E-state index in [2.05, 4.69) is 10.2 Å². The van der Waals surface area contributed by atoms with Crippen molar-refractivity contribution >= 4 is 0 Å². The van der Waals surface area contributed by atoms with Crippen LogP contribution in [0.25, 0.3) is 0 Å². The summed E-state index contributed by atoms with van der Waals surface area (Å²) in [6.45, 7) is 2.92. The fraction of sp³-hybridized carbons (Fsp3) is 0.368. The third-order valence-corrected chi connectivity index (χ3v) is 4.56. The molecule has 1 aliphatic heterocycles. The van der Waals surface area contributed by atoms with Gasteiger partial charge in [-0.05, 0) is 35.9 Å². The normalized spacial score (nSPS) is 17.1. The van der Waals surface area contributed by atoms with Crippen LogP contribution in [-0.4, -0.2) is 38.2 Å². The van der Waals surface area contributed by atoms with E-state index in [1.54, 1.807) is 6.07 Å². The molecule has 0 bridgehead atoms. The lowest BCUT2D eigenvalue weighted by molar-refractivity contribution is -0.137. The van der Waals surface area contributed by atoms with Crippen LogP contribution in [0.1, 0.15) is 22.7 Å². The van der Waals surface area contributed by atoms with Gasteiger partial charge in [0.1, 0.15) is 11.6 Å². The third kappa shape index (κ3) is 3.99. The highest BCUT2D eigenvalue weighted by molar-refractivity contribution is 5.43. The van der Waals surface area contributed by atoms with Gasteiger partial charge in [0.15, 0.2) is 0 Å². The Bertz CT molecular complexity index is 740. The van der Waals surface area contributed by atoms with Crippen molar-refractivity contribution in [1.29, 1.82) is 0 Å². The van der Waals surface area contributed by atoms with Crippen molar-refractivity contribution < 1.29 is 22.3 Å². The Balaban J connectivity index is 2.05. The first-order valence-corrected chi connectivity index (χ1v) is 8.35. The van der Waals surface area contributed by atoms with Crippen LogP contribution in [0.2, 0.25) is 0 Å². The monoisotopic (exact) mass is 368 g/mol. The fourth-order valence-corrected chi connectivity index (χ4v) is 3.30. The zero-order valence-corrected chi connectivity index (χ0v) is 14.3. The summed E-state index contributed by atoms with van der Waals surface area (Å²) in [7, 11) is 1.50. The molecule has 2 aromatic carbocycles. The van der Waals surface area contributed by atoms with Crippen molar-refractivity contribution in [2.45, 2.75) is 12.2 Å². The van der Waals surface area contributed by atoms with Gasteiger partial charge in [0.25, 0.3) is 0 Å². The van der Waals surface area contributed by atoms with E-state index in [9.17, 15) is 17.6 Å². The van der Waals surface area contributed by atoms with Gasteiger partial charge in [-0.2, -0.15) is 13.2 Å². The molecule has 0 aliphatic carbocycles. The molecule has 3 rings (SSSR count). The molecule has 0 radical (unpaired) electrons. The first-order chi connectivity index (χ1) is 12.4. The number of hydrogen-bond acceptors (Lipinski definition) is 3. The average Bonchev–Trinajstić information content (AvgIpc) is 2.63. The number of halogens is 4. The van der Waals surface area contributed by atoms with Gasteiger partial charge in [-0.1, -0.05) is 12.1 Å². The number of nitrogens with zero attached hydrogens (tertiary/aromatic N) is 1. The molecule has 1 unspecified atom stereocenters. The van der Waals surface area contributed by atoms with Gasteiger partial charge >= 0.3 is 6.18 Å². The lowest BCUT2D eigenvalue weighted by atomic mass is 9.94. The van der Waals surface area contributed by atoms with E-state index < -0.39 is 17.6 Å². The number of ether oxygens (including phenoxy) is 1. The molecule has 3 nitrogen and oxygen atoms in total. The third-order valence-electron chi connectivity index (χ3n) is 4.56. The Labute approximate surface area is 149 Å². The van der Waals surface area contributed by atoms with E-state index in [0.29, 0.717) is 30.0 Å². The van der Waals surface area contributed by atoms with E-state index >= 15 is 0 Å². The average molecular weight is 368 g/mol. The minimum atomic E-state index is -4.39. The van der Waals surface area contributed by atoms with Crippen molar-refractivity contribution in [3.63, 3.8) is 0 Å². The van der Waals surface area contributed by atoms with Crippen molar-refractivity contribution in [3.05, 3.63) is 65.0 Å². The van der Waals surface area contributed by atoms with E-state index in [1.807, 2.05) is 0 Å². The smallest absolute Gasteiger partial charge is 0.416 e. The predicted octanol–water partition coefficient (Wildman–Crippen LogP) is 3.85. The second kappa shape index (κ2) is 7.63. The summed E-state index contributed by atoms with van der Waals surface area (Å²) in [5.74, 6) is 0.0997. The van der Waals surface area contributed by atoms with Gasteiger partial charge in [0.05, 0.1) is 18.7 Å². The number of methoxy groups -OCH3 is 1. The molecule has 26 heavy (non-hydrogen) atoms. The first kappa shape index (κ1) is 18.7. The summed E-state index contributed by atoms with van der Waals surface area (Å²) in [5, 5.41) is 3.25. The van der Waals surface area contributed by atoms with Gasteiger partial charge in [0.2, 0.25) is 0 Å². The topological polar surface area (TPSA) is 24.5 Å². The van der Waals surface area contributed by atoms with Crippen molar-refractivity contribution in [3.8, 4) is 5.75 Å². The molecular weight excluding hydrogens is 348 g/mol. The molecule has 1 N–H and O–H groups in total. The largest absolute Gasteiger partial charge is 0.496 e. The lowest BCUT2D eigenvalue weighted by Gasteiger charge is -2.36. The predicted molar refractivity (Wildman–Crippen MR) is 90.7 cm³/mol. The maximum absolute atomic E-state index is 13.9. The molecule has 0 spiro atoms. The Morgan fingerprint density at radius 3 is 2.27 bits per heavy atom. The van der Waals surface area contributed by atoms with Crippen LogP contribution in [0, 0.1) is 5.82 Å². The molecule has 1 atom stereocenters. The molecule has 1 saturated heterocycles. The van der Waals surface area contributed by atoms with E-state index in [1.165, 1.54) is 31.4 Å². The highest BCUT2D eigenvalue weighted by Crippen LogP contribution is 2.37. The summed E-state index contributed by atoms with van der Waals surface area (Å²) in [5.41, 5.74) is 0.574. The molecule has 140 valence electrons. The number of rotatable bonds is 4. The molecule has 0 aromatic heterocycles. The minimum absolute atomic E-state index is 0.384. The molecule has 1 aliphatic rings. The number of alkyl halides is 3. The molecular formula is C19H20F4N2O. The SMILES string of the molecule is COc1ccc(F)cc1C(c1ccc(C(F)(F)F)cc1)N1CCNCC1. The Hall–Kier alpha value is -2.12. The van der Waals surface area contributed by atoms with Crippen molar-refractivity contribution in [1.82, 2.24) is 10.2 Å². The van der Waals surface area contributed by atoms with Crippen LogP contribution in [-0.2, 0) is 6.18 Å². The van der Waals surface area contributed by atoms with Gasteiger partial charge in [-0.15, -0.1) is 0 Å². The molecule has 1 fully saturated rings. The maximum atomic E-state index is 13.9. The summed E-state index contributed by atoms with van der Waals surface area (Å²) >= 11 is 0. The van der Waals surface area contributed by atoms with Crippen LogP contribution < -0.4 is 10.1 Å². The second-order valence-corrected chi connectivity index (χ2v) is 6.19. The highest BCUT2D eigenvalue weighted by Gasteiger charge is 2.32. The van der Waals surface area contributed by atoms with Crippen molar-refractivity contribution in [2.24, 2.45) is 0 Å². The van der Waals surface area contributed by atoms with Crippen molar-refractivity contribution in [2.75, 3.05) is 33.3 Å². The summed E-state index contributed by atoms with van der Waals surface area (Å²) in [6, 6.07) is 8.91. The van der Waals surface area contributed by atoms with Gasteiger partial charge in [-0.25, -0.2) is 4.39 Å². The molecule has 0 saturated carbocycles. The molecule has 2 aromatic rings. The van der Waals surface area contributed by atoms with Crippen LogP contribution in [0.5, 0.6) is 5.75 Å². The quantitative estimate of drug-likeness (QED) is 0.830. The van der Waals surface area contributed by atoms with E-state index in [0.717, 1.165) is 25.2 Å². The zero-order chi connectivity index (χ0) is 18.7. The Kier molecular flexibility index (Phi) is 5.48. The van der Waals surface area contributed by atoms with E-state index in [4.69, 9.17) is 4.74 Å². The first-order valence-electron chi connectivity index (χ1n) is 8.35. The summed E-state index contributed by atoms with van der Waals surface area (Å²) < 4.78 is 57.9. The van der Waals surface area contributed by atoms with Gasteiger partial charge < -0.3 is 10.1 Å². The second-order valence-electron chi connectivity index (χ2n) is 6.19. The molecule has 7 heteroatoms. The molecule has 0 amide bonds. The number of piperazine rings is 1. The van der Waals surface area contributed by atoms with Crippen LogP contribution in [0.15, 0.2) is 42.5 Å².